The fraction of sp³-hybridized carbons (Fsp3) is 0.429. The second-order valence-electron chi connectivity index (χ2n) is 4.20. The van der Waals surface area contributed by atoms with Crippen LogP contribution in [-0.2, 0) is 0 Å². The van der Waals surface area contributed by atoms with Crippen molar-refractivity contribution >= 4 is 11.3 Å². The van der Waals surface area contributed by atoms with Crippen LogP contribution in [0.4, 0.5) is 5.69 Å². The summed E-state index contributed by atoms with van der Waals surface area (Å²) in [5, 5.41) is 1.79. The van der Waals surface area contributed by atoms with Gasteiger partial charge in [0, 0.05) is 12.1 Å². The maximum Gasteiger partial charge on any atom is 0.0592 e. The predicted octanol–water partition coefficient (Wildman–Crippen LogP) is 3.45. The Hall–Kier alpha value is -1.28. The summed E-state index contributed by atoms with van der Waals surface area (Å²) in [4.78, 5) is 0. The Bertz CT molecular complexity index is 367. The standard InChI is InChI=1S/C14H22N2/c1-5-12(11(3)4)13-9-7-8-10-14(13)16(15)6-2/h5,7-11H,6,15H2,1-4H3/b12-5-. The highest BCUT2D eigenvalue weighted by Crippen LogP contribution is 2.30. The van der Waals surface area contributed by atoms with Crippen LogP contribution in [-0.4, -0.2) is 6.54 Å². The molecular weight excluding hydrogens is 196 g/mol. The van der Waals surface area contributed by atoms with Gasteiger partial charge in [0.15, 0.2) is 0 Å². The third-order valence-corrected chi connectivity index (χ3v) is 2.80. The summed E-state index contributed by atoms with van der Waals surface area (Å²) < 4.78 is 0. The van der Waals surface area contributed by atoms with Crippen molar-refractivity contribution in [3.8, 4) is 0 Å². The highest BCUT2D eigenvalue weighted by atomic mass is 15.4. The molecule has 2 heteroatoms. The predicted molar refractivity (Wildman–Crippen MR) is 72.1 cm³/mol. The molecule has 1 aromatic carbocycles. The number of allylic oxidation sites excluding steroid dienone is 2. The lowest BCUT2D eigenvalue weighted by Gasteiger charge is -2.22. The van der Waals surface area contributed by atoms with E-state index in [2.05, 4.69) is 52.0 Å². The highest BCUT2D eigenvalue weighted by molar-refractivity contribution is 5.77. The number of para-hydroxylation sites is 1. The molecule has 0 radical (unpaired) electrons. The van der Waals surface area contributed by atoms with Gasteiger partial charge in [0.1, 0.15) is 0 Å². The average molecular weight is 218 g/mol. The maximum atomic E-state index is 5.99. The SMILES string of the molecule is C/C=C(\c1ccccc1N(N)CC)C(C)C. The van der Waals surface area contributed by atoms with Gasteiger partial charge in [-0.1, -0.05) is 38.1 Å². The molecule has 88 valence electrons. The second-order valence-corrected chi connectivity index (χ2v) is 4.20. The van der Waals surface area contributed by atoms with E-state index < -0.39 is 0 Å². The van der Waals surface area contributed by atoms with Crippen molar-refractivity contribution in [1.29, 1.82) is 0 Å². The van der Waals surface area contributed by atoms with Gasteiger partial charge in [-0.15, -0.1) is 0 Å². The first-order valence-electron chi connectivity index (χ1n) is 5.89. The first-order valence-corrected chi connectivity index (χ1v) is 5.89. The molecule has 0 amide bonds. The highest BCUT2D eigenvalue weighted by Gasteiger charge is 2.12. The third-order valence-electron chi connectivity index (χ3n) is 2.80. The Morgan fingerprint density at radius 3 is 2.50 bits per heavy atom. The van der Waals surface area contributed by atoms with E-state index in [0.29, 0.717) is 5.92 Å². The molecule has 2 N–H and O–H groups in total. The van der Waals surface area contributed by atoms with E-state index in [0.717, 1.165) is 12.2 Å². The van der Waals surface area contributed by atoms with Crippen LogP contribution in [0.3, 0.4) is 0 Å². The van der Waals surface area contributed by atoms with Crippen LogP contribution in [0.2, 0.25) is 0 Å². The molecule has 0 aliphatic heterocycles. The van der Waals surface area contributed by atoms with Crippen molar-refractivity contribution in [3.63, 3.8) is 0 Å². The number of anilines is 1. The Labute approximate surface area is 98.7 Å². The quantitative estimate of drug-likeness (QED) is 0.619. The average Bonchev–Trinajstić information content (AvgIpc) is 2.29. The minimum absolute atomic E-state index is 0.511. The lowest BCUT2D eigenvalue weighted by Crippen LogP contribution is -2.31. The van der Waals surface area contributed by atoms with E-state index >= 15 is 0 Å². The van der Waals surface area contributed by atoms with Gasteiger partial charge in [-0.25, -0.2) is 5.84 Å². The van der Waals surface area contributed by atoms with Gasteiger partial charge >= 0.3 is 0 Å². The summed E-state index contributed by atoms with van der Waals surface area (Å²) in [6, 6.07) is 8.31. The topological polar surface area (TPSA) is 29.3 Å². The largest absolute Gasteiger partial charge is 0.311 e. The van der Waals surface area contributed by atoms with Gasteiger partial charge in [0.25, 0.3) is 0 Å². The molecule has 1 aromatic rings. The zero-order chi connectivity index (χ0) is 12.1. The molecule has 0 aliphatic carbocycles. The fourth-order valence-electron chi connectivity index (χ4n) is 1.94. The van der Waals surface area contributed by atoms with Crippen molar-refractivity contribution in [1.82, 2.24) is 0 Å². The lowest BCUT2D eigenvalue weighted by molar-refractivity contribution is 0.845. The van der Waals surface area contributed by atoms with Crippen molar-refractivity contribution in [2.75, 3.05) is 11.6 Å². The number of nitrogens with two attached hydrogens (primary N) is 1. The molecule has 0 aliphatic rings. The molecule has 16 heavy (non-hydrogen) atoms. The number of hydrogen-bond acceptors (Lipinski definition) is 2. The molecule has 0 saturated carbocycles. The van der Waals surface area contributed by atoms with Gasteiger partial charge in [0.05, 0.1) is 5.69 Å². The normalized spacial score (nSPS) is 12.0. The van der Waals surface area contributed by atoms with Crippen LogP contribution < -0.4 is 10.9 Å². The fourth-order valence-corrected chi connectivity index (χ4v) is 1.94. The Kier molecular flexibility index (Phi) is 4.56. The van der Waals surface area contributed by atoms with E-state index in [4.69, 9.17) is 5.84 Å². The lowest BCUT2D eigenvalue weighted by atomic mass is 9.93. The van der Waals surface area contributed by atoms with Gasteiger partial charge in [-0.3, -0.25) is 0 Å². The van der Waals surface area contributed by atoms with Gasteiger partial charge in [-0.2, -0.15) is 0 Å². The molecule has 1 rings (SSSR count). The molecule has 0 heterocycles. The number of rotatable bonds is 4. The van der Waals surface area contributed by atoms with Crippen molar-refractivity contribution in [2.24, 2.45) is 11.8 Å². The summed E-state index contributed by atoms with van der Waals surface area (Å²) in [7, 11) is 0. The van der Waals surface area contributed by atoms with E-state index in [9.17, 15) is 0 Å². The van der Waals surface area contributed by atoms with E-state index in [1.54, 1.807) is 5.01 Å². The van der Waals surface area contributed by atoms with Crippen LogP contribution in [0.5, 0.6) is 0 Å². The number of nitrogens with zero attached hydrogens (tertiary/aromatic N) is 1. The van der Waals surface area contributed by atoms with Crippen LogP contribution in [0.25, 0.3) is 5.57 Å². The van der Waals surface area contributed by atoms with E-state index in [1.807, 2.05) is 6.07 Å². The van der Waals surface area contributed by atoms with Crippen LogP contribution in [0, 0.1) is 5.92 Å². The monoisotopic (exact) mass is 218 g/mol. The molecule has 0 unspecified atom stereocenters. The molecular formula is C14H22N2. The zero-order valence-electron chi connectivity index (χ0n) is 10.7. The maximum absolute atomic E-state index is 5.99. The van der Waals surface area contributed by atoms with Gasteiger partial charge in [-0.05, 0) is 31.4 Å². The Morgan fingerprint density at radius 1 is 1.38 bits per heavy atom. The summed E-state index contributed by atoms with van der Waals surface area (Å²) in [6.07, 6.45) is 2.17. The number of hydrazine groups is 1. The Morgan fingerprint density at radius 2 is 2.00 bits per heavy atom. The number of benzene rings is 1. The summed E-state index contributed by atoms with van der Waals surface area (Å²) in [6.45, 7) is 9.37. The first kappa shape index (κ1) is 12.8. The van der Waals surface area contributed by atoms with Crippen LogP contribution >= 0.6 is 0 Å². The summed E-state index contributed by atoms with van der Waals surface area (Å²) >= 11 is 0. The molecule has 0 atom stereocenters. The van der Waals surface area contributed by atoms with Crippen molar-refractivity contribution in [3.05, 3.63) is 35.9 Å². The minimum atomic E-state index is 0.511. The van der Waals surface area contributed by atoms with Crippen LogP contribution in [0.1, 0.15) is 33.3 Å². The molecule has 0 aromatic heterocycles. The smallest absolute Gasteiger partial charge is 0.0592 e. The summed E-state index contributed by atoms with van der Waals surface area (Å²) in [5.41, 5.74) is 3.69. The summed E-state index contributed by atoms with van der Waals surface area (Å²) in [5.74, 6) is 6.50. The molecule has 0 spiro atoms. The van der Waals surface area contributed by atoms with Crippen LogP contribution in [0.15, 0.2) is 30.3 Å². The number of hydrogen-bond donors (Lipinski definition) is 1. The zero-order valence-corrected chi connectivity index (χ0v) is 10.7. The Balaban J connectivity index is 3.22. The molecule has 0 saturated heterocycles. The van der Waals surface area contributed by atoms with Gasteiger partial charge in [0.2, 0.25) is 0 Å². The third kappa shape index (κ3) is 2.64. The molecule has 0 fully saturated rings. The van der Waals surface area contributed by atoms with E-state index in [1.165, 1.54) is 11.1 Å². The molecule has 2 nitrogen and oxygen atoms in total. The van der Waals surface area contributed by atoms with Crippen molar-refractivity contribution in [2.45, 2.75) is 27.7 Å². The first-order chi connectivity index (χ1) is 7.61. The van der Waals surface area contributed by atoms with Gasteiger partial charge < -0.3 is 5.01 Å². The molecule has 0 bridgehead atoms. The minimum Gasteiger partial charge on any atom is -0.311 e. The van der Waals surface area contributed by atoms with Crippen molar-refractivity contribution < 1.29 is 0 Å². The second kappa shape index (κ2) is 5.71. The van der Waals surface area contributed by atoms with E-state index in [-0.39, 0.29) is 0 Å².